The van der Waals surface area contributed by atoms with E-state index >= 15 is 0 Å². The van der Waals surface area contributed by atoms with E-state index in [1.54, 1.807) is 13.2 Å². The fraction of sp³-hybridized carbons (Fsp3) is 0.500. The molecular weight excluding hydrogens is 478 g/mol. The molecule has 1 amide bonds. The van der Waals surface area contributed by atoms with Gasteiger partial charge in [-0.2, -0.15) is 0 Å². The summed E-state index contributed by atoms with van der Waals surface area (Å²) >= 11 is 0. The van der Waals surface area contributed by atoms with Crippen molar-refractivity contribution in [3.8, 4) is 0 Å². The number of hydrogen-bond donors (Lipinski definition) is 1. The first-order valence-electron chi connectivity index (χ1n) is 13.6. The van der Waals surface area contributed by atoms with Gasteiger partial charge in [0.2, 0.25) is 11.7 Å². The molecule has 0 aromatic heterocycles. The van der Waals surface area contributed by atoms with Crippen molar-refractivity contribution < 1.29 is 23.8 Å². The number of esters is 1. The van der Waals surface area contributed by atoms with Crippen LogP contribution in [0.15, 0.2) is 71.9 Å². The Kier molecular flexibility index (Phi) is 8.43. The number of methoxy groups -OCH3 is 1. The Bertz CT molecular complexity index is 1150. The summed E-state index contributed by atoms with van der Waals surface area (Å²) in [7, 11) is 1.61. The number of rotatable bonds is 7. The van der Waals surface area contributed by atoms with Crippen LogP contribution in [0.4, 0.5) is 0 Å². The van der Waals surface area contributed by atoms with Gasteiger partial charge in [-0.25, -0.2) is 4.79 Å². The van der Waals surface area contributed by atoms with Gasteiger partial charge in [0, 0.05) is 32.2 Å². The maximum atomic E-state index is 13.1. The summed E-state index contributed by atoms with van der Waals surface area (Å²) in [6.45, 7) is 10.4. The van der Waals surface area contributed by atoms with E-state index in [2.05, 4.69) is 38.2 Å². The number of allylic oxidation sites excluding steroid dienone is 3. The van der Waals surface area contributed by atoms with E-state index in [0.29, 0.717) is 24.8 Å². The van der Waals surface area contributed by atoms with E-state index in [4.69, 9.17) is 14.2 Å². The van der Waals surface area contributed by atoms with Crippen LogP contribution >= 0.6 is 0 Å². The zero-order valence-electron chi connectivity index (χ0n) is 23.4. The van der Waals surface area contributed by atoms with Gasteiger partial charge in [-0.15, -0.1) is 0 Å². The third-order valence-electron chi connectivity index (χ3n) is 8.37. The number of hydrogen-bond acceptors (Lipinski definition) is 5. The molecule has 204 valence electrons. The third-order valence-corrected chi connectivity index (χ3v) is 8.37. The van der Waals surface area contributed by atoms with Crippen LogP contribution in [0, 0.1) is 23.7 Å². The smallest absolute Gasteiger partial charge is 0.331 e. The van der Waals surface area contributed by atoms with Crippen LogP contribution in [0.1, 0.15) is 53.0 Å². The summed E-state index contributed by atoms with van der Waals surface area (Å²) in [5, 5.41) is 2.95. The number of carbonyl (C=O) groups is 2. The lowest BCUT2D eigenvalue weighted by atomic mass is 9.65. The van der Waals surface area contributed by atoms with E-state index in [1.807, 2.05) is 49.4 Å². The van der Waals surface area contributed by atoms with Gasteiger partial charge in [-0.1, -0.05) is 61.9 Å². The van der Waals surface area contributed by atoms with Crippen molar-refractivity contribution >= 4 is 18.0 Å². The topological polar surface area (TPSA) is 73.9 Å². The second-order valence-electron chi connectivity index (χ2n) is 11.3. The first-order valence-corrected chi connectivity index (χ1v) is 13.6. The van der Waals surface area contributed by atoms with Gasteiger partial charge in [0.05, 0.1) is 0 Å². The Balaban J connectivity index is 1.74. The number of nitrogens with one attached hydrogen (secondary N) is 1. The maximum absolute atomic E-state index is 13.1. The molecule has 0 spiro atoms. The lowest BCUT2D eigenvalue weighted by Gasteiger charge is -2.41. The predicted molar refractivity (Wildman–Crippen MR) is 149 cm³/mol. The highest BCUT2D eigenvalue weighted by Crippen LogP contribution is 2.49. The van der Waals surface area contributed by atoms with Gasteiger partial charge in [0.25, 0.3) is 0 Å². The van der Waals surface area contributed by atoms with Crippen molar-refractivity contribution in [3.05, 3.63) is 77.4 Å². The van der Waals surface area contributed by atoms with Gasteiger partial charge in [-0.3, -0.25) is 4.79 Å². The number of fused-ring (bicyclic) bond motifs is 3. The van der Waals surface area contributed by atoms with Crippen molar-refractivity contribution in [1.82, 2.24) is 5.32 Å². The van der Waals surface area contributed by atoms with E-state index in [9.17, 15) is 9.59 Å². The van der Waals surface area contributed by atoms with E-state index in [-0.39, 0.29) is 17.7 Å². The van der Waals surface area contributed by atoms with Crippen molar-refractivity contribution in [2.75, 3.05) is 13.7 Å². The maximum Gasteiger partial charge on any atom is 0.331 e. The molecule has 0 radical (unpaired) electrons. The molecule has 6 heteroatoms. The summed E-state index contributed by atoms with van der Waals surface area (Å²) in [4.78, 5) is 25.0. The molecule has 1 aromatic rings. The van der Waals surface area contributed by atoms with Crippen LogP contribution in [0.25, 0.3) is 6.08 Å². The molecule has 6 atom stereocenters. The molecule has 3 aliphatic rings. The molecule has 4 rings (SSSR count). The Morgan fingerprint density at radius 1 is 1.21 bits per heavy atom. The molecule has 2 bridgehead atoms. The van der Waals surface area contributed by atoms with Crippen molar-refractivity contribution in [2.45, 2.75) is 65.0 Å². The molecule has 1 aliphatic carbocycles. The molecule has 1 N–H and O–H groups in total. The van der Waals surface area contributed by atoms with Crippen LogP contribution < -0.4 is 5.32 Å². The molecule has 38 heavy (non-hydrogen) atoms. The van der Waals surface area contributed by atoms with Gasteiger partial charge >= 0.3 is 5.97 Å². The minimum atomic E-state index is -1.16. The lowest BCUT2D eigenvalue weighted by molar-refractivity contribution is -0.226. The van der Waals surface area contributed by atoms with Gasteiger partial charge in [0.1, 0.15) is 11.7 Å². The summed E-state index contributed by atoms with van der Waals surface area (Å²) in [6, 6.07) is 9.68. The van der Waals surface area contributed by atoms with E-state index < -0.39 is 23.5 Å². The SMILES string of the molecule is CO[C@]12C=C[C@](C)(O1)[C@@H](OC(=O)/C=C/c1ccccc1)C[C@H]1C(C)=CC[C@H](C(C)C)[C@H]1/C=C\2CNC(C)=O. The normalized spacial score (nSPS) is 34.0. The average Bonchev–Trinajstić information content (AvgIpc) is 3.26. The summed E-state index contributed by atoms with van der Waals surface area (Å²) in [5.41, 5.74) is 2.17. The third kappa shape index (κ3) is 5.87. The van der Waals surface area contributed by atoms with Crippen LogP contribution in [-0.4, -0.2) is 43.0 Å². The van der Waals surface area contributed by atoms with E-state index in [0.717, 1.165) is 17.6 Å². The highest BCUT2D eigenvalue weighted by molar-refractivity contribution is 5.87. The lowest BCUT2D eigenvalue weighted by Crippen LogP contribution is -2.48. The van der Waals surface area contributed by atoms with E-state index in [1.165, 1.54) is 18.6 Å². The molecule has 0 unspecified atom stereocenters. The molecule has 0 saturated heterocycles. The molecule has 6 nitrogen and oxygen atoms in total. The van der Waals surface area contributed by atoms with Crippen LogP contribution in [-0.2, 0) is 23.8 Å². The number of benzene rings is 1. The fourth-order valence-electron chi connectivity index (χ4n) is 6.08. The van der Waals surface area contributed by atoms with Crippen LogP contribution in [0.2, 0.25) is 0 Å². The Labute approximate surface area is 226 Å². The number of ether oxygens (including phenoxy) is 3. The second-order valence-corrected chi connectivity index (χ2v) is 11.3. The summed E-state index contributed by atoms with van der Waals surface area (Å²) in [6.07, 6.45) is 12.7. The average molecular weight is 520 g/mol. The monoisotopic (exact) mass is 519 g/mol. The first-order chi connectivity index (χ1) is 18.1. The Morgan fingerprint density at radius 2 is 1.95 bits per heavy atom. The zero-order valence-corrected chi connectivity index (χ0v) is 23.4. The molecule has 1 aromatic carbocycles. The van der Waals surface area contributed by atoms with Crippen molar-refractivity contribution in [3.63, 3.8) is 0 Å². The predicted octanol–water partition coefficient (Wildman–Crippen LogP) is 5.62. The zero-order chi connectivity index (χ0) is 27.5. The molecule has 0 fully saturated rings. The van der Waals surface area contributed by atoms with Gasteiger partial charge in [-0.05, 0) is 74.2 Å². The standard InChI is InChI=1S/C32H41NO5/c1-21(2)26-14-12-22(3)27-19-29(37-30(35)15-13-24-10-8-7-9-11-24)31(5)16-17-32(36-6,38-31)25(18-28(26)27)20-33-23(4)34/h7-13,15-18,21,26-29H,14,19-20H2,1-6H3,(H,33,34)/b15-13+,25-18-/t26-,27+,28-,29+,31+,32-/m1/s1. The molecule has 2 heterocycles. The molecular formula is C32H41NO5. The second kappa shape index (κ2) is 11.4. The minimum Gasteiger partial charge on any atom is -0.456 e. The quantitative estimate of drug-likeness (QED) is 0.288. The van der Waals surface area contributed by atoms with Gasteiger partial charge in [0.15, 0.2) is 0 Å². The Morgan fingerprint density at radius 3 is 2.61 bits per heavy atom. The highest BCUT2D eigenvalue weighted by Gasteiger charge is 2.53. The Hall–Kier alpha value is -2.96. The largest absolute Gasteiger partial charge is 0.456 e. The van der Waals surface area contributed by atoms with Crippen molar-refractivity contribution in [2.24, 2.45) is 23.7 Å². The first kappa shape index (κ1) is 28.1. The summed E-state index contributed by atoms with van der Waals surface area (Å²) < 4.78 is 18.9. The van der Waals surface area contributed by atoms with Crippen LogP contribution in [0.5, 0.6) is 0 Å². The number of carbonyl (C=O) groups excluding carboxylic acids is 2. The fourth-order valence-corrected chi connectivity index (χ4v) is 6.08. The molecule has 0 saturated carbocycles. The minimum absolute atomic E-state index is 0.115. The molecule has 2 aliphatic heterocycles. The summed E-state index contributed by atoms with van der Waals surface area (Å²) in [5.74, 6) is -0.510. The highest BCUT2D eigenvalue weighted by atomic mass is 16.7. The number of amides is 1. The van der Waals surface area contributed by atoms with Crippen LogP contribution in [0.3, 0.4) is 0 Å². The van der Waals surface area contributed by atoms with Crippen molar-refractivity contribution in [1.29, 1.82) is 0 Å². The van der Waals surface area contributed by atoms with Gasteiger partial charge < -0.3 is 19.5 Å².